The van der Waals surface area contributed by atoms with Gasteiger partial charge in [-0.15, -0.1) is 0 Å². The van der Waals surface area contributed by atoms with Gasteiger partial charge in [0.25, 0.3) is 0 Å². The van der Waals surface area contributed by atoms with Gasteiger partial charge < -0.3 is 24.7 Å². The number of fused-ring (bicyclic) bond motifs is 1. The van der Waals surface area contributed by atoms with Gasteiger partial charge in [-0.1, -0.05) is 30.3 Å². The summed E-state index contributed by atoms with van der Waals surface area (Å²) in [6.45, 7) is 1.78. The van der Waals surface area contributed by atoms with Gasteiger partial charge in [0, 0.05) is 60.1 Å². The number of methoxy groups -OCH3 is 2. The number of aromatic nitrogens is 1. The molecule has 2 aliphatic rings. The summed E-state index contributed by atoms with van der Waals surface area (Å²) in [6, 6.07) is 14.0. The highest BCUT2D eigenvalue weighted by Gasteiger charge is 2.36. The van der Waals surface area contributed by atoms with Crippen LogP contribution in [0, 0.1) is 11.8 Å². The number of H-pyrrole nitrogens is 1. The number of ether oxygens (including phenoxy) is 2. The van der Waals surface area contributed by atoms with E-state index in [0.717, 1.165) is 34.9 Å². The zero-order valence-electron chi connectivity index (χ0n) is 20.4. The summed E-state index contributed by atoms with van der Waals surface area (Å²) < 4.78 is 11.3. The number of likely N-dealkylation sites (tertiary alicyclic amines) is 1. The van der Waals surface area contributed by atoms with Gasteiger partial charge in [-0.25, -0.2) is 0 Å². The first-order valence-electron chi connectivity index (χ1n) is 12.4. The Morgan fingerprint density at radius 1 is 0.971 bits per heavy atom. The summed E-state index contributed by atoms with van der Waals surface area (Å²) in [5.41, 5.74) is 3.10. The predicted octanol–water partition coefficient (Wildman–Crippen LogP) is 4.08. The highest BCUT2D eigenvalue weighted by molar-refractivity contribution is 5.85. The Morgan fingerprint density at radius 2 is 1.74 bits per heavy atom. The second kappa shape index (κ2) is 10.0. The van der Waals surface area contributed by atoms with E-state index in [-0.39, 0.29) is 29.6 Å². The average Bonchev–Trinajstić information content (AvgIpc) is 3.68. The number of amides is 2. The molecule has 5 rings (SSSR count). The van der Waals surface area contributed by atoms with E-state index in [1.54, 1.807) is 14.2 Å². The Hall–Kier alpha value is -3.48. The van der Waals surface area contributed by atoms with E-state index in [1.807, 2.05) is 47.5 Å². The van der Waals surface area contributed by atoms with E-state index in [0.29, 0.717) is 44.0 Å². The fourth-order valence-corrected chi connectivity index (χ4v) is 5.25. The predicted molar refractivity (Wildman–Crippen MR) is 135 cm³/mol. The Morgan fingerprint density at radius 3 is 2.46 bits per heavy atom. The van der Waals surface area contributed by atoms with E-state index >= 15 is 0 Å². The van der Waals surface area contributed by atoms with Crippen molar-refractivity contribution in [3.8, 4) is 11.5 Å². The van der Waals surface area contributed by atoms with Crippen LogP contribution in [-0.2, 0) is 9.59 Å². The van der Waals surface area contributed by atoms with Crippen molar-refractivity contribution in [3.05, 3.63) is 59.8 Å². The number of nitrogens with one attached hydrogen (secondary N) is 2. The van der Waals surface area contributed by atoms with E-state index in [2.05, 4.69) is 16.4 Å². The van der Waals surface area contributed by atoms with Crippen molar-refractivity contribution in [1.82, 2.24) is 15.2 Å². The molecule has 0 bridgehead atoms. The first kappa shape index (κ1) is 23.3. The topological polar surface area (TPSA) is 83.7 Å². The summed E-state index contributed by atoms with van der Waals surface area (Å²) in [5, 5.41) is 4.33. The zero-order chi connectivity index (χ0) is 24.4. The zero-order valence-corrected chi connectivity index (χ0v) is 20.4. The minimum Gasteiger partial charge on any atom is -0.493 e. The van der Waals surface area contributed by atoms with Crippen molar-refractivity contribution in [2.24, 2.45) is 11.8 Å². The van der Waals surface area contributed by atoms with E-state index in [4.69, 9.17) is 9.47 Å². The molecule has 1 aromatic heterocycles. The lowest BCUT2D eigenvalue weighted by Crippen LogP contribution is -2.44. The number of piperidine rings is 1. The van der Waals surface area contributed by atoms with Crippen LogP contribution in [-0.4, -0.2) is 55.6 Å². The van der Waals surface area contributed by atoms with Crippen LogP contribution in [0.2, 0.25) is 0 Å². The maximum atomic E-state index is 13.2. The molecule has 2 aromatic carbocycles. The summed E-state index contributed by atoms with van der Waals surface area (Å²) in [7, 11) is 3.27. The third-order valence-electron chi connectivity index (χ3n) is 7.39. The molecule has 2 N–H and O–H groups in total. The number of aromatic amines is 1. The third kappa shape index (κ3) is 4.72. The molecular weight excluding hydrogens is 442 g/mol. The number of hydrogen-bond donors (Lipinski definition) is 2. The van der Waals surface area contributed by atoms with Crippen LogP contribution >= 0.6 is 0 Å². The van der Waals surface area contributed by atoms with Crippen LogP contribution in [0.15, 0.2) is 48.7 Å². The smallest absolute Gasteiger partial charge is 0.225 e. The maximum Gasteiger partial charge on any atom is 0.225 e. The van der Waals surface area contributed by atoms with Crippen molar-refractivity contribution in [2.75, 3.05) is 33.9 Å². The lowest BCUT2D eigenvalue weighted by molar-refractivity contribution is -0.136. The molecule has 1 saturated heterocycles. The average molecular weight is 476 g/mol. The molecule has 7 heteroatoms. The highest BCUT2D eigenvalue weighted by Crippen LogP contribution is 2.40. The van der Waals surface area contributed by atoms with E-state index in [9.17, 15) is 9.59 Å². The van der Waals surface area contributed by atoms with Gasteiger partial charge in [-0.3, -0.25) is 9.59 Å². The van der Waals surface area contributed by atoms with Crippen LogP contribution in [0.5, 0.6) is 11.5 Å². The Labute approximate surface area is 205 Å². The standard InChI is InChI=1S/C28H33N3O4/c1-34-25-9-5-7-21(26(25)35-2)23(22-16-29-24-8-4-3-6-20(22)24)17-30-27(32)18-12-14-31(15-13-18)28(33)19-10-11-19/h3-9,16,18-19,23,29H,10-15,17H2,1-2H3,(H,30,32). The molecule has 1 aliphatic carbocycles. The van der Waals surface area contributed by atoms with Crippen molar-refractivity contribution in [1.29, 1.82) is 0 Å². The fraction of sp³-hybridized carbons (Fsp3) is 0.429. The molecular formula is C28H33N3O4. The molecule has 184 valence electrons. The minimum atomic E-state index is -0.128. The lowest BCUT2D eigenvalue weighted by atomic mass is 9.89. The first-order chi connectivity index (χ1) is 17.1. The normalized spacial score (nSPS) is 17.3. The molecule has 1 atom stereocenters. The van der Waals surface area contributed by atoms with Gasteiger partial charge in [0.05, 0.1) is 14.2 Å². The van der Waals surface area contributed by atoms with Crippen LogP contribution in [0.3, 0.4) is 0 Å². The molecule has 0 spiro atoms. The SMILES string of the molecule is COc1cccc(C(CNC(=O)C2CCN(C(=O)C3CC3)CC2)c2c[nH]c3ccccc23)c1OC. The molecule has 35 heavy (non-hydrogen) atoms. The van der Waals surface area contributed by atoms with Crippen molar-refractivity contribution < 1.29 is 19.1 Å². The molecule has 1 aliphatic heterocycles. The molecule has 3 aromatic rings. The number of rotatable bonds is 8. The molecule has 1 unspecified atom stereocenters. The lowest BCUT2D eigenvalue weighted by Gasteiger charge is -2.32. The number of carbonyl (C=O) groups excluding carboxylic acids is 2. The molecule has 2 amide bonds. The van der Waals surface area contributed by atoms with Gasteiger partial charge in [-0.2, -0.15) is 0 Å². The van der Waals surface area contributed by atoms with Crippen molar-refractivity contribution >= 4 is 22.7 Å². The third-order valence-corrected chi connectivity index (χ3v) is 7.39. The molecule has 2 fully saturated rings. The number of nitrogens with zero attached hydrogens (tertiary/aromatic N) is 1. The molecule has 2 heterocycles. The van der Waals surface area contributed by atoms with E-state index in [1.165, 1.54) is 0 Å². The van der Waals surface area contributed by atoms with Crippen LogP contribution in [0.4, 0.5) is 0 Å². The number of para-hydroxylation sites is 2. The van der Waals surface area contributed by atoms with Crippen LogP contribution in [0.1, 0.15) is 42.7 Å². The van der Waals surface area contributed by atoms with Crippen LogP contribution in [0.25, 0.3) is 10.9 Å². The largest absolute Gasteiger partial charge is 0.493 e. The fourth-order valence-electron chi connectivity index (χ4n) is 5.25. The quantitative estimate of drug-likeness (QED) is 0.514. The number of benzene rings is 2. The van der Waals surface area contributed by atoms with Gasteiger partial charge in [0.15, 0.2) is 11.5 Å². The number of carbonyl (C=O) groups is 2. The minimum absolute atomic E-state index is 0.0511. The summed E-state index contributed by atoms with van der Waals surface area (Å²) in [5.74, 6) is 1.69. The van der Waals surface area contributed by atoms with Gasteiger partial charge in [0.1, 0.15) is 0 Å². The van der Waals surface area contributed by atoms with Gasteiger partial charge in [-0.05, 0) is 43.4 Å². The second-order valence-electron chi connectivity index (χ2n) is 9.54. The second-order valence-corrected chi connectivity index (χ2v) is 9.54. The van der Waals surface area contributed by atoms with Crippen molar-refractivity contribution in [3.63, 3.8) is 0 Å². The van der Waals surface area contributed by atoms with Crippen molar-refractivity contribution in [2.45, 2.75) is 31.6 Å². The van der Waals surface area contributed by atoms with Crippen LogP contribution < -0.4 is 14.8 Å². The maximum absolute atomic E-state index is 13.2. The Balaban J connectivity index is 1.35. The first-order valence-corrected chi connectivity index (χ1v) is 12.4. The molecule has 1 saturated carbocycles. The van der Waals surface area contributed by atoms with E-state index < -0.39 is 0 Å². The summed E-state index contributed by atoms with van der Waals surface area (Å²) >= 11 is 0. The van der Waals surface area contributed by atoms with Gasteiger partial charge in [0.2, 0.25) is 11.8 Å². The number of hydrogen-bond acceptors (Lipinski definition) is 4. The van der Waals surface area contributed by atoms with Gasteiger partial charge >= 0.3 is 0 Å². The Kier molecular flexibility index (Phi) is 6.66. The summed E-state index contributed by atoms with van der Waals surface area (Å²) in [6.07, 6.45) is 5.47. The monoisotopic (exact) mass is 475 g/mol. The highest BCUT2D eigenvalue weighted by atomic mass is 16.5. The molecule has 0 radical (unpaired) electrons. The molecule has 7 nitrogen and oxygen atoms in total. The summed E-state index contributed by atoms with van der Waals surface area (Å²) in [4.78, 5) is 30.9. The Bertz CT molecular complexity index is 1210.